The molecule has 2 aliphatic heterocycles. The predicted octanol–water partition coefficient (Wildman–Crippen LogP) is 4.62. The van der Waals surface area contributed by atoms with Crippen LogP contribution in [-0.2, 0) is 31.0 Å². The zero-order valence-electron chi connectivity index (χ0n) is 29.7. The molecule has 0 aromatic heterocycles. The predicted molar refractivity (Wildman–Crippen MR) is 178 cm³/mol. The largest absolute Gasteiger partial charge is 0.482 e. The lowest BCUT2D eigenvalue weighted by atomic mass is 9.33. The van der Waals surface area contributed by atoms with Crippen molar-refractivity contribution in [2.45, 2.75) is 134 Å². The van der Waals surface area contributed by atoms with Crippen LogP contribution in [-0.4, -0.2) is 82.5 Å². The molecule has 1 aromatic rings. The number of amides is 1. The molecule has 7 aliphatic rings. The highest BCUT2D eigenvalue weighted by Crippen LogP contribution is 2.78. The molecule has 1 amide bonds. The summed E-state index contributed by atoms with van der Waals surface area (Å²) in [6, 6.07) is 3.25. The number of esters is 1. The number of carbonyl (C=O) groups is 3. The van der Waals surface area contributed by atoms with E-state index in [0.717, 1.165) is 56.7 Å². The molecule has 0 unspecified atom stereocenters. The Bertz CT molecular complexity index is 1510. The fourth-order valence-electron chi connectivity index (χ4n) is 10.8. The Hall–Kier alpha value is -2.69. The van der Waals surface area contributed by atoms with E-state index in [-0.39, 0.29) is 41.6 Å². The minimum atomic E-state index is -1.11. The van der Waals surface area contributed by atoms with Gasteiger partial charge in [0.1, 0.15) is 17.7 Å². The normalized spacial score (nSPS) is 35.0. The molecule has 3 N–H and O–H groups in total. The Kier molecular flexibility index (Phi) is 7.85. The number of nitrogens with one attached hydrogen (secondary N) is 1. The average Bonchev–Trinajstić information content (AvgIpc) is 3.76. The molecule has 10 nitrogen and oxygen atoms in total. The van der Waals surface area contributed by atoms with Crippen molar-refractivity contribution in [3.8, 4) is 11.5 Å². The number of nitrogens with zero attached hydrogens (tertiary/aromatic N) is 1. The minimum Gasteiger partial charge on any atom is -0.482 e. The van der Waals surface area contributed by atoms with Gasteiger partial charge in [0, 0.05) is 48.4 Å². The highest BCUT2D eigenvalue weighted by atomic mass is 16.6. The fraction of sp³-hybridized carbons (Fsp3) is 0.763. The number of carboxylic acid groups (broad SMARTS) is 1. The minimum absolute atomic E-state index is 0.124. The van der Waals surface area contributed by atoms with Crippen LogP contribution in [0.15, 0.2) is 12.1 Å². The number of ether oxygens (including phenoxy) is 3. The van der Waals surface area contributed by atoms with Gasteiger partial charge in [0.15, 0.2) is 11.5 Å². The zero-order chi connectivity index (χ0) is 34.6. The van der Waals surface area contributed by atoms with Crippen LogP contribution in [0.25, 0.3) is 0 Å². The monoisotopic (exact) mass is 666 g/mol. The van der Waals surface area contributed by atoms with E-state index in [1.54, 1.807) is 21.0 Å². The quantitative estimate of drug-likeness (QED) is 0.229. The van der Waals surface area contributed by atoms with Crippen molar-refractivity contribution < 1.29 is 38.8 Å². The van der Waals surface area contributed by atoms with Crippen LogP contribution in [0.3, 0.4) is 0 Å². The van der Waals surface area contributed by atoms with Gasteiger partial charge in [-0.25, -0.2) is 4.79 Å². The Morgan fingerprint density at radius 3 is 2.46 bits per heavy atom. The number of rotatable bonds is 11. The Morgan fingerprint density at radius 2 is 1.83 bits per heavy atom. The summed E-state index contributed by atoms with van der Waals surface area (Å²) in [4.78, 5) is 40.1. The lowest BCUT2D eigenvalue weighted by Gasteiger charge is -2.75. The molecule has 5 fully saturated rings. The van der Waals surface area contributed by atoms with Crippen LogP contribution >= 0.6 is 0 Å². The maximum atomic E-state index is 13.2. The average molecular weight is 667 g/mol. The van der Waals surface area contributed by atoms with Crippen LogP contribution in [0.2, 0.25) is 0 Å². The third-order valence-corrected chi connectivity index (χ3v) is 13.9. The second-order valence-corrected chi connectivity index (χ2v) is 17.4. The number of hydrogen-bond acceptors (Lipinski definition) is 8. The van der Waals surface area contributed by atoms with Crippen molar-refractivity contribution in [1.82, 2.24) is 10.2 Å². The first kappa shape index (κ1) is 33.8. The van der Waals surface area contributed by atoms with Crippen molar-refractivity contribution in [3.05, 3.63) is 23.3 Å². The summed E-state index contributed by atoms with van der Waals surface area (Å²) in [5, 5.41) is 24.4. The molecule has 2 heterocycles. The summed E-state index contributed by atoms with van der Waals surface area (Å²) >= 11 is 0. The van der Waals surface area contributed by atoms with E-state index in [4.69, 9.17) is 14.2 Å². The van der Waals surface area contributed by atoms with Crippen molar-refractivity contribution in [3.63, 3.8) is 0 Å². The number of hydrogen-bond donors (Lipinski definition) is 3. The molecule has 2 spiro atoms. The summed E-state index contributed by atoms with van der Waals surface area (Å²) in [6.07, 6.45) is 6.35. The zero-order valence-corrected chi connectivity index (χ0v) is 29.7. The third kappa shape index (κ3) is 4.64. The van der Waals surface area contributed by atoms with E-state index >= 15 is 0 Å². The molecule has 4 saturated carbocycles. The smallest absolute Gasteiger partial charge is 0.326 e. The molecule has 4 bridgehead atoms. The number of aliphatic hydroxyl groups is 1. The first-order chi connectivity index (χ1) is 22.5. The summed E-state index contributed by atoms with van der Waals surface area (Å²) in [5.41, 5.74) is -0.206. The number of carbonyl (C=O) groups excluding carboxylic acids is 2. The summed E-state index contributed by atoms with van der Waals surface area (Å²) in [7, 11) is 1.77. The van der Waals surface area contributed by atoms with E-state index in [1.807, 2.05) is 13.0 Å². The Labute approximate surface area is 284 Å². The van der Waals surface area contributed by atoms with Gasteiger partial charge in [-0.2, -0.15) is 0 Å². The summed E-state index contributed by atoms with van der Waals surface area (Å²) in [6.45, 7) is 13.9. The van der Waals surface area contributed by atoms with Gasteiger partial charge in [0.05, 0.1) is 12.0 Å². The number of benzene rings is 1. The fourth-order valence-corrected chi connectivity index (χ4v) is 10.8. The number of piperidine rings is 1. The van der Waals surface area contributed by atoms with Crippen molar-refractivity contribution in [1.29, 1.82) is 0 Å². The van der Waals surface area contributed by atoms with Gasteiger partial charge in [-0.1, -0.05) is 40.7 Å². The van der Waals surface area contributed by atoms with E-state index in [9.17, 15) is 24.6 Å². The summed E-state index contributed by atoms with van der Waals surface area (Å²) < 4.78 is 19.8. The lowest BCUT2D eigenvalue weighted by Crippen LogP contribution is -2.83. The van der Waals surface area contributed by atoms with Crippen LogP contribution < -0.4 is 14.8 Å². The van der Waals surface area contributed by atoms with E-state index < -0.39 is 40.5 Å². The highest BCUT2D eigenvalue weighted by molar-refractivity contribution is 5.86. The number of fused-ring (bicyclic) bond motifs is 2. The molecule has 5 aliphatic carbocycles. The number of likely N-dealkylation sites (tertiary alicyclic amines) is 1. The van der Waals surface area contributed by atoms with Gasteiger partial charge >= 0.3 is 11.9 Å². The second-order valence-electron chi connectivity index (χ2n) is 17.4. The van der Waals surface area contributed by atoms with Gasteiger partial charge in [0.25, 0.3) is 0 Å². The molecular weight excluding hydrogens is 612 g/mol. The van der Waals surface area contributed by atoms with Crippen molar-refractivity contribution >= 4 is 17.8 Å². The Balaban J connectivity index is 1.24. The molecule has 8 rings (SSSR count). The van der Waals surface area contributed by atoms with Gasteiger partial charge < -0.3 is 29.7 Å². The molecule has 10 heteroatoms. The van der Waals surface area contributed by atoms with Crippen molar-refractivity contribution in [2.24, 2.45) is 28.6 Å². The molecule has 8 atom stereocenters. The molecule has 48 heavy (non-hydrogen) atoms. The van der Waals surface area contributed by atoms with Gasteiger partial charge in [-0.15, -0.1) is 0 Å². The molecule has 264 valence electrons. The van der Waals surface area contributed by atoms with E-state index in [0.29, 0.717) is 17.5 Å². The van der Waals surface area contributed by atoms with Crippen LogP contribution in [0.1, 0.15) is 104 Å². The molecule has 0 radical (unpaired) electrons. The highest BCUT2D eigenvalue weighted by Gasteiger charge is 2.82. The standard InChI is InChI=1S/C38H54N2O8/c1-21(2)30(32(43)44)39-27(41)12-13-28(42)47-24-11-10-23-18-26-36-14-15-38(46-7,25(19-36)35(6,45)34(3,4)5)33-37(36,29(23)31(24)48-33)16-17-40(26)20-22-8-9-22/h10-11,21-22,25-26,30,33,45H,8-9,12-20H2,1-7H3,(H,39,41)(H,43,44)/t25-,26-,30+,33-,35+,36-,37+,38-/m1/s1. The first-order valence-electron chi connectivity index (χ1n) is 18.1. The van der Waals surface area contributed by atoms with Crippen LogP contribution in [0, 0.1) is 28.6 Å². The molecule has 1 saturated heterocycles. The van der Waals surface area contributed by atoms with Gasteiger partial charge in [-0.05, 0) is 87.3 Å². The second kappa shape index (κ2) is 11.2. The number of carboxylic acids is 1. The third-order valence-electron chi connectivity index (χ3n) is 13.9. The van der Waals surface area contributed by atoms with Crippen LogP contribution in [0.4, 0.5) is 0 Å². The van der Waals surface area contributed by atoms with Gasteiger partial charge in [-0.3, -0.25) is 14.5 Å². The summed E-state index contributed by atoms with van der Waals surface area (Å²) in [5.74, 6) is -0.911. The maximum absolute atomic E-state index is 13.2. The Morgan fingerprint density at radius 1 is 1.10 bits per heavy atom. The van der Waals surface area contributed by atoms with E-state index in [1.165, 1.54) is 18.4 Å². The topological polar surface area (TPSA) is 135 Å². The molecule has 1 aromatic carbocycles. The number of aliphatic carboxylic acids is 1. The maximum Gasteiger partial charge on any atom is 0.326 e. The van der Waals surface area contributed by atoms with E-state index in [2.05, 4.69) is 37.1 Å². The SMILES string of the molecule is CO[C@]12CC[C@@]3(C[C@@H]1[C@](C)(O)C(C)(C)C)[C@H]1Cc4ccc(OC(=O)CCC(=O)N[C@H](C(=O)O)C(C)C)c5c4[C@@]3(CCN1CC1CC1)[C@H]2O5. The molecular formula is C38H54N2O8. The first-order valence-corrected chi connectivity index (χ1v) is 18.1. The lowest BCUT2D eigenvalue weighted by molar-refractivity contribution is -0.312. The van der Waals surface area contributed by atoms with Crippen molar-refractivity contribution in [2.75, 3.05) is 20.2 Å². The number of methoxy groups -OCH3 is 1. The van der Waals surface area contributed by atoms with Crippen LogP contribution in [0.5, 0.6) is 11.5 Å². The van der Waals surface area contributed by atoms with Gasteiger partial charge in [0.2, 0.25) is 5.91 Å².